The van der Waals surface area contributed by atoms with E-state index in [9.17, 15) is 4.79 Å². The Morgan fingerprint density at radius 3 is 2.90 bits per heavy atom. The van der Waals surface area contributed by atoms with E-state index in [-0.39, 0.29) is 5.91 Å². The standard InChI is InChI=1S/C15H18ClN3OS/c1-2-7-18-13-6-8-17-10-12(13)15(20)19-9-5-11-3-4-14(16)21-11/h3-4,6,8,10H,2,5,7,9H2,1H3,(H,17,18)(H,19,20). The van der Waals surface area contributed by atoms with E-state index in [0.717, 1.165) is 34.3 Å². The van der Waals surface area contributed by atoms with Crippen molar-refractivity contribution in [3.05, 3.63) is 45.4 Å². The van der Waals surface area contributed by atoms with Crippen molar-refractivity contribution < 1.29 is 4.79 Å². The predicted molar refractivity (Wildman–Crippen MR) is 88.4 cm³/mol. The molecule has 0 spiro atoms. The summed E-state index contributed by atoms with van der Waals surface area (Å²) in [6, 6.07) is 5.68. The Hall–Kier alpha value is -1.59. The minimum absolute atomic E-state index is 0.107. The van der Waals surface area contributed by atoms with Gasteiger partial charge >= 0.3 is 0 Å². The number of carbonyl (C=O) groups is 1. The molecule has 6 heteroatoms. The highest BCUT2D eigenvalue weighted by Gasteiger charge is 2.10. The topological polar surface area (TPSA) is 54.0 Å². The molecule has 0 aliphatic heterocycles. The lowest BCUT2D eigenvalue weighted by molar-refractivity contribution is 0.0954. The highest BCUT2D eigenvalue weighted by atomic mass is 35.5. The lowest BCUT2D eigenvalue weighted by Gasteiger charge is -2.10. The fraction of sp³-hybridized carbons (Fsp3) is 0.333. The van der Waals surface area contributed by atoms with Crippen LogP contribution >= 0.6 is 22.9 Å². The van der Waals surface area contributed by atoms with Crippen LogP contribution in [0, 0.1) is 0 Å². The molecular formula is C15H18ClN3OS. The fourth-order valence-corrected chi connectivity index (χ4v) is 2.96. The Kier molecular flexibility index (Phi) is 6.02. The molecule has 0 aliphatic rings. The van der Waals surface area contributed by atoms with Gasteiger partial charge in [-0.3, -0.25) is 9.78 Å². The maximum atomic E-state index is 12.2. The van der Waals surface area contributed by atoms with Gasteiger partial charge in [-0.05, 0) is 31.0 Å². The number of rotatable bonds is 7. The molecule has 2 aromatic rings. The van der Waals surface area contributed by atoms with Gasteiger partial charge in [0.05, 0.1) is 15.6 Å². The number of aromatic nitrogens is 1. The molecule has 0 unspecified atom stereocenters. The van der Waals surface area contributed by atoms with Crippen LogP contribution in [-0.2, 0) is 6.42 Å². The van der Waals surface area contributed by atoms with Crippen molar-refractivity contribution in [2.45, 2.75) is 19.8 Å². The molecule has 0 saturated carbocycles. The molecule has 21 heavy (non-hydrogen) atoms. The number of carbonyl (C=O) groups excluding carboxylic acids is 1. The van der Waals surface area contributed by atoms with Crippen molar-refractivity contribution in [2.75, 3.05) is 18.4 Å². The van der Waals surface area contributed by atoms with Gasteiger partial charge in [-0.2, -0.15) is 0 Å². The van der Waals surface area contributed by atoms with Crippen molar-refractivity contribution in [3.63, 3.8) is 0 Å². The molecule has 4 nitrogen and oxygen atoms in total. The first-order valence-electron chi connectivity index (χ1n) is 6.91. The van der Waals surface area contributed by atoms with Crippen LogP contribution in [0.5, 0.6) is 0 Å². The molecule has 0 radical (unpaired) electrons. The number of anilines is 1. The summed E-state index contributed by atoms with van der Waals surface area (Å²) >= 11 is 7.42. The third-order valence-electron chi connectivity index (χ3n) is 2.92. The summed E-state index contributed by atoms with van der Waals surface area (Å²) in [7, 11) is 0. The van der Waals surface area contributed by atoms with Gasteiger partial charge in [0.2, 0.25) is 0 Å². The molecule has 1 amide bonds. The fourth-order valence-electron chi connectivity index (χ4n) is 1.87. The summed E-state index contributed by atoms with van der Waals surface area (Å²) in [4.78, 5) is 17.4. The van der Waals surface area contributed by atoms with Gasteiger partial charge < -0.3 is 10.6 Å². The molecule has 0 bridgehead atoms. The van der Waals surface area contributed by atoms with Crippen molar-refractivity contribution >= 4 is 34.5 Å². The molecule has 2 aromatic heterocycles. The van der Waals surface area contributed by atoms with Crippen molar-refractivity contribution in [1.29, 1.82) is 0 Å². The zero-order valence-corrected chi connectivity index (χ0v) is 13.4. The molecule has 0 atom stereocenters. The number of pyridine rings is 1. The Morgan fingerprint density at radius 2 is 2.19 bits per heavy atom. The maximum absolute atomic E-state index is 12.2. The van der Waals surface area contributed by atoms with E-state index in [4.69, 9.17) is 11.6 Å². The van der Waals surface area contributed by atoms with Gasteiger partial charge in [-0.1, -0.05) is 18.5 Å². The average Bonchev–Trinajstić information content (AvgIpc) is 2.91. The second-order valence-electron chi connectivity index (χ2n) is 4.56. The number of halogens is 1. The quantitative estimate of drug-likeness (QED) is 0.818. The molecule has 0 saturated heterocycles. The summed E-state index contributed by atoms with van der Waals surface area (Å²) in [5, 5.41) is 6.16. The number of hydrogen-bond acceptors (Lipinski definition) is 4. The summed E-state index contributed by atoms with van der Waals surface area (Å²) < 4.78 is 0.773. The third-order valence-corrected chi connectivity index (χ3v) is 4.21. The van der Waals surface area contributed by atoms with Crippen molar-refractivity contribution in [2.24, 2.45) is 0 Å². The van der Waals surface area contributed by atoms with Crippen LogP contribution in [-0.4, -0.2) is 24.0 Å². The SMILES string of the molecule is CCCNc1ccncc1C(=O)NCCc1ccc(Cl)s1. The van der Waals surface area contributed by atoms with Crippen molar-refractivity contribution in [3.8, 4) is 0 Å². The molecule has 0 aliphatic carbocycles. The van der Waals surface area contributed by atoms with Crippen LogP contribution < -0.4 is 10.6 Å². The van der Waals surface area contributed by atoms with Crippen LogP contribution in [0.3, 0.4) is 0 Å². The largest absolute Gasteiger partial charge is 0.384 e. The van der Waals surface area contributed by atoms with E-state index >= 15 is 0 Å². The Balaban J connectivity index is 1.90. The first-order valence-corrected chi connectivity index (χ1v) is 8.10. The van der Waals surface area contributed by atoms with E-state index in [2.05, 4.69) is 22.5 Å². The maximum Gasteiger partial charge on any atom is 0.254 e. The molecular weight excluding hydrogens is 306 g/mol. The normalized spacial score (nSPS) is 10.4. The van der Waals surface area contributed by atoms with Gasteiger partial charge in [0, 0.05) is 30.4 Å². The summed E-state index contributed by atoms with van der Waals surface area (Å²) in [5.74, 6) is -0.107. The Morgan fingerprint density at radius 1 is 1.33 bits per heavy atom. The number of hydrogen-bond donors (Lipinski definition) is 2. The van der Waals surface area contributed by atoms with Gasteiger partial charge in [0.15, 0.2) is 0 Å². The molecule has 0 fully saturated rings. The summed E-state index contributed by atoms with van der Waals surface area (Å²) in [6.45, 7) is 3.50. The number of amides is 1. The van der Waals surface area contributed by atoms with E-state index in [1.807, 2.05) is 18.2 Å². The number of thiophene rings is 1. The van der Waals surface area contributed by atoms with Crippen LogP contribution in [0.15, 0.2) is 30.6 Å². The molecule has 0 aromatic carbocycles. The van der Waals surface area contributed by atoms with E-state index in [0.29, 0.717) is 12.1 Å². The molecule has 2 N–H and O–H groups in total. The van der Waals surface area contributed by atoms with Gasteiger partial charge in [-0.15, -0.1) is 11.3 Å². The number of nitrogens with zero attached hydrogens (tertiary/aromatic N) is 1. The second kappa shape index (κ2) is 8.00. The molecule has 2 rings (SSSR count). The van der Waals surface area contributed by atoms with Crippen LogP contribution in [0.2, 0.25) is 4.34 Å². The average molecular weight is 324 g/mol. The second-order valence-corrected chi connectivity index (χ2v) is 6.36. The first-order chi connectivity index (χ1) is 10.2. The van der Waals surface area contributed by atoms with E-state index < -0.39 is 0 Å². The summed E-state index contributed by atoms with van der Waals surface area (Å²) in [6.07, 6.45) is 5.06. The highest BCUT2D eigenvalue weighted by molar-refractivity contribution is 7.16. The predicted octanol–water partition coefficient (Wildman–Crippen LogP) is 3.59. The smallest absolute Gasteiger partial charge is 0.254 e. The highest BCUT2D eigenvalue weighted by Crippen LogP contribution is 2.21. The minimum atomic E-state index is -0.107. The van der Waals surface area contributed by atoms with E-state index in [1.165, 1.54) is 11.3 Å². The van der Waals surface area contributed by atoms with E-state index in [1.54, 1.807) is 12.4 Å². The lowest BCUT2D eigenvalue weighted by Crippen LogP contribution is -2.26. The van der Waals surface area contributed by atoms with Crippen molar-refractivity contribution in [1.82, 2.24) is 10.3 Å². The van der Waals surface area contributed by atoms with Gasteiger partial charge in [-0.25, -0.2) is 0 Å². The molecule has 112 valence electrons. The van der Waals surface area contributed by atoms with Crippen LogP contribution in [0.1, 0.15) is 28.6 Å². The zero-order chi connectivity index (χ0) is 15.1. The van der Waals surface area contributed by atoms with Crippen LogP contribution in [0.4, 0.5) is 5.69 Å². The Labute approximate surface area is 133 Å². The first kappa shape index (κ1) is 15.8. The van der Waals surface area contributed by atoms with Gasteiger partial charge in [0.25, 0.3) is 5.91 Å². The van der Waals surface area contributed by atoms with Crippen LogP contribution in [0.25, 0.3) is 0 Å². The zero-order valence-electron chi connectivity index (χ0n) is 11.9. The lowest BCUT2D eigenvalue weighted by atomic mass is 10.2. The molecule has 2 heterocycles. The Bertz CT molecular complexity index is 600. The summed E-state index contributed by atoms with van der Waals surface area (Å²) in [5.41, 5.74) is 1.40. The monoisotopic (exact) mass is 323 g/mol. The third kappa shape index (κ3) is 4.72. The minimum Gasteiger partial charge on any atom is -0.384 e. The van der Waals surface area contributed by atoms with Gasteiger partial charge in [0.1, 0.15) is 0 Å². The number of nitrogens with one attached hydrogen (secondary N) is 2.